The normalized spacial score (nSPS) is 16.4. The predicted molar refractivity (Wildman–Crippen MR) is 98.2 cm³/mol. The Morgan fingerprint density at radius 2 is 1.72 bits per heavy atom. The zero-order chi connectivity index (χ0) is 17.4. The number of nitrogens with one attached hydrogen (secondary N) is 1. The van der Waals surface area contributed by atoms with Crippen molar-refractivity contribution in [2.24, 2.45) is 0 Å². The summed E-state index contributed by atoms with van der Waals surface area (Å²) in [5.41, 5.74) is 3.12. The van der Waals surface area contributed by atoms with Gasteiger partial charge in [0.2, 0.25) is 16.0 Å². The lowest BCUT2D eigenvalue weighted by Gasteiger charge is -2.33. The number of aryl methyl sites for hydroxylation is 1. The van der Waals surface area contributed by atoms with Crippen molar-refractivity contribution in [3.05, 3.63) is 54.1 Å². The molecule has 25 heavy (non-hydrogen) atoms. The average Bonchev–Trinajstić information content (AvgIpc) is 3.06. The Morgan fingerprint density at radius 1 is 1.00 bits per heavy atom. The van der Waals surface area contributed by atoms with Gasteiger partial charge in [-0.3, -0.25) is 0 Å². The van der Waals surface area contributed by atoms with Gasteiger partial charge in [-0.1, -0.05) is 24.3 Å². The van der Waals surface area contributed by atoms with E-state index in [9.17, 15) is 8.42 Å². The summed E-state index contributed by atoms with van der Waals surface area (Å²) in [6.07, 6.45) is 0. The molecule has 0 unspecified atom stereocenters. The summed E-state index contributed by atoms with van der Waals surface area (Å²) in [5, 5.41) is 0. The van der Waals surface area contributed by atoms with Crippen LogP contribution >= 0.6 is 0 Å². The molecule has 0 aliphatic carbocycles. The van der Waals surface area contributed by atoms with Crippen LogP contribution < -0.4 is 4.90 Å². The first-order valence-electron chi connectivity index (χ1n) is 8.30. The van der Waals surface area contributed by atoms with Crippen molar-refractivity contribution in [3.8, 4) is 0 Å². The van der Waals surface area contributed by atoms with Crippen LogP contribution in [-0.2, 0) is 10.0 Å². The third-order valence-corrected chi connectivity index (χ3v) is 6.46. The second-order valence-corrected chi connectivity index (χ2v) is 8.22. The maximum Gasteiger partial charge on any atom is 0.243 e. The van der Waals surface area contributed by atoms with E-state index in [0.717, 1.165) is 17.0 Å². The van der Waals surface area contributed by atoms with Crippen LogP contribution in [0, 0.1) is 6.92 Å². The fourth-order valence-electron chi connectivity index (χ4n) is 3.14. The summed E-state index contributed by atoms with van der Waals surface area (Å²) in [6.45, 7) is 4.18. The standard InChI is InChI=1S/C18H20N4O2S/c1-14-7-8-16-17(13-14)20-18(19-16)21-9-11-22(12-10-21)25(23,24)15-5-3-2-4-6-15/h2-8,13H,9-12H2,1H3,(H,19,20). The molecule has 1 N–H and O–H groups in total. The number of rotatable bonds is 3. The SMILES string of the molecule is Cc1ccc2nc(N3CCN(S(=O)(=O)c4ccccc4)CC3)[nH]c2c1. The van der Waals surface area contributed by atoms with E-state index >= 15 is 0 Å². The number of benzene rings is 2. The van der Waals surface area contributed by atoms with Gasteiger partial charge < -0.3 is 9.88 Å². The van der Waals surface area contributed by atoms with Gasteiger partial charge in [0.05, 0.1) is 15.9 Å². The molecule has 3 aromatic rings. The number of hydrogen-bond acceptors (Lipinski definition) is 4. The first kappa shape index (κ1) is 16.1. The Balaban J connectivity index is 1.51. The predicted octanol–water partition coefficient (Wildman–Crippen LogP) is 2.38. The van der Waals surface area contributed by atoms with E-state index in [2.05, 4.69) is 20.9 Å². The summed E-state index contributed by atoms with van der Waals surface area (Å²) in [6, 6.07) is 14.7. The number of H-pyrrole nitrogens is 1. The van der Waals surface area contributed by atoms with E-state index < -0.39 is 10.0 Å². The van der Waals surface area contributed by atoms with Gasteiger partial charge >= 0.3 is 0 Å². The van der Waals surface area contributed by atoms with Gasteiger partial charge in [0.15, 0.2) is 0 Å². The molecular weight excluding hydrogens is 336 g/mol. The Labute approximate surface area is 147 Å². The molecule has 4 rings (SSSR count). The van der Waals surface area contributed by atoms with Crippen molar-refractivity contribution in [1.29, 1.82) is 0 Å². The topological polar surface area (TPSA) is 69.3 Å². The number of imidazole rings is 1. The van der Waals surface area contributed by atoms with Gasteiger partial charge in [0.25, 0.3) is 0 Å². The number of aromatic amines is 1. The largest absolute Gasteiger partial charge is 0.340 e. The molecule has 1 saturated heterocycles. The number of nitrogens with zero attached hydrogens (tertiary/aromatic N) is 3. The van der Waals surface area contributed by atoms with Crippen molar-refractivity contribution < 1.29 is 8.42 Å². The monoisotopic (exact) mass is 356 g/mol. The molecule has 7 heteroatoms. The van der Waals surface area contributed by atoms with Crippen LogP contribution in [0.1, 0.15) is 5.56 Å². The van der Waals surface area contributed by atoms with E-state index in [4.69, 9.17) is 0 Å². The second-order valence-electron chi connectivity index (χ2n) is 6.29. The average molecular weight is 356 g/mol. The van der Waals surface area contributed by atoms with Gasteiger partial charge in [0, 0.05) is 26.2 Å². The van der Waals surface area contributed by atoms with Crippen LogP contribution in [0.25, 0.3) is 11.0 Å². The lowest BCUT2D eigenvalue weighted by Crippen LogP contribution is -2.49. The Hall–Kier alpha value is -2.38. The Morgan fingerprint density at radius 3 is 2.44 bits per heavy atom. The van der Waals surface area contributed by atoms with Crippen molar-refractivity contribution in [2.75, 3.05) is 31.1 Å². The molecule has 2 heterocycles. The third-order valence-electron chi connectivity index (χ3n) is 4.54. The zero-order valence-corrected chi connectivity index (χ0v) is 14.8. The molecule has 0 atom stereocenters. The molecule has 1 aliphatic heterocycles. The number of anilines is 1. The lowest BCUT2D eigenvalue weighted by molar-refractivity contribution is 0.383. The highest BCUT2D eigenvalue weighted by molar-refractivity contribution is 7.89. The summed E-state index contributed by atoms with van der Waals surface area (Å²) < 4.78 is 26.9. The fraction of sp³-hybridized carbons (Fsp3) is 0.278. The molecular formula is C18H20N4O2S. The van der Waals surface area contributed by atoms with Crippen LogP contribution in [0.4, 0.5) is 5.95 Å². The molecule has 0 bridgehead atoms. The highest BCUT2D eigenvalue weighted by atomic mass is 32.2. The molecule has 6 nitrogen and oxygen atoms in total. The maximum atomic E-state index is 12.7. The van der Waals surface area contributed by atoms with E-state index in [0.29, 0.717) is 31.1 Å². The Kier molecular flexibility index (Phi) is 3.97. The second kappa shape index (κ2) is 6.16. The van der Waals surface area contributed by atoms with E-state index in [-0.39, 0.29) is 0 Å². The maximum absolute atomic E-state index is 12.7. The molecule has 0 saturated carbocycles. The molecule has 1 aliphatic rings. The van der Waals surface area contributed by atoms with Crippen LogP contribution in [-0.4, -0.2) is 48.9 Å². The summed E-state index contributed by atoms with van der Waals surface area (Å²) in [7, 11) is -3.42. The van der Waals surface area contributed by atoms with Crippen LogP contribution in [0.15, 0.2) is 53.4 Å². The van der Waals surface area contributed by atoms with E-state index in [1.807, 2.05) is 25.1 Å². The van der Waals surface area contributed by atoms with E-state index in [1.165, 1.54) is 5.56 Å². The van der Waals surface area contributed by atoms with Gasteiger partial charge in [-0.05, 0) is 36.8 Å². The van der Waals surface area contributed by atoms with Gasteiger partial charge in [0.1, 0.15) is 0 Å². The summed E-state index contributed by atoms with van der Waals surface area (Å²) in [4.78, 5) is 10.4. The zero-order valence-electron chi connectivity index (χ0n) is 14.0. The number of piperazine rings is 1. The van der Waals surface area contributed by atoms with Gasteiger partial charge in [-0.2, -0.15) is 4.31 Å². The third kappa shape index (κ3) is 3.01. The number of aromatic nitrogens is 2. The molecule has 2 aromatic carbocycles. The minimum atomic E-state index is -3.42. The van der Waals surface area contributed by atoms with Crippen molar-refractivity contribution in [3.63, 3.8) is 0 Å². The Bertz CT molecular complexity index is 990. The molecule has 0 amide bonds. The molecule has 1 fully saturated rings. The molecule has 1 aromatic heterocycles. The summed E-state index contributed by atoms with van der Waals surface area (Å²) >= 11 is 0. The smallest absolute Gasteiger partial charge is 0.243 e. The number of fused-ring (bicyclic) bond motifs is 1. The molecule has 0 spiro atoms. The van der Waals surface area contributed by atoms with Gasteiger partial charge in [-0.25, -0.2) is 13.4 Å². The van der Waals surface area contributed by atoms with Gasteiger partial charge in [-0.15, -0.1) is 0 Å². The van der Waals surface area contributed by atoms with Crippen LogP contribution in [0.3, 0.4) is 0 Å². The minimum absolute atomic E-state index is 0.350. The van der Waals surface area contributed by atoms with E-state index in [1.54, 1.807) is 28.6 Å². The first-order chi connectivity index (χ1) is 12.0. The molecule has 0 radical (unpaired) electrons. The lowest BCUT2D eigenvalue weighted by atomic mass is 10.2. The van der Waals surface area contributed by atoms with Crippen molar-refractivity contribution in [2.45, 2.75) is 11.8 Å². The van der Waals surface area contributed by atoms with Crippen LogP contribution in [0.5, 0.6) is 0 Å². The summed E-state index contributed by atoms with van der Waals surface area (Å²) in [5.74, 6) is 0.803. The number of sulfonamides is 1. The van der Waals surface area contributed by atoms with Crippen molar-refractivity contribution in [1.82, 2.24) is 14.3 Å². The van der Waals surface area contributed by atoms with Crippen molar-refractivity contribution >= 4 is 27.0 Å². The highest BCUT2D eigenvalue weighted by Crippen LogP contribution is 2.22. The fourth-order valence-corrected chi connectivity index (χ4v) is 4.58. The quantitative estimate of drug-likeness (QED) is 0.782. The highest BCUT2D eigenvalue weighted by Gasteiger charge is 2.29. The van der Waals surface area contributed by atoms with Crippen LogP contribution in [0.2, 0.25) is 0 Å². The number of hydrogen-bond donors (Lipinski definition) is 1. The first-order valence-corrected chi connectivity index (χ1v) is 9.74. The molecule has 130 valence electrons. The minimum Gasteiger partial charge on any atom is -0.340 e.